The molecule has 1 aromatic rings. The van der Waals surface area contributed by atoms with Crippen LogP contribution in [-0.2, 0) is 19.6 Å². The molecule has 7 nitrogen and oxygen atoms in total. The van der Waals surface area contributed by atoms with Gasteiger partial charge in [0.1, 0.15) is 10.1 Å². The molecule has 0 heterocycles. The molecule has 1 aromatic carbocycles. The van der Waals surface area contributed by atoms with Crippen LogP contribution in [0.2, 0.25) is 0 Å². The van der Waals surface area contributed by atoms with Crippen molar-refractivity contribution >= 4 is 22.1 Å². The largest absolute Gasteiger partial charge is 1.00 e. The molecule has 0 aromatic heterocycles. The summed E-state index contributed by atoms with van der Waals surface area (Å²) >= 11 is 0. The fourth-order valence-electron chi connectivity index (χ4n) is 5.50. The van der Waals surface area contributed by atoms with Crippen LogP contribution in [0.5, 0.6) is 0 Å². The van der Waals surface area contributed by atoms with Crippen LogP contribution in [0.25, 0.3) is 0 Å². The van der Waals surface area contributed by atoms with Gasteiger partial charge < -0.3 is 14.0 Å². The molecule has 9 heteroatoms. The first-order valence-corrected chi connectivity index (χ1v) is 20.5. The molecular formula is C40H65KO7S. The number of ether oxygens (including phenoxy) is 2. The minimum Gasteiger partial charge on any atom is -0.744 e. The first-order valence-electron chi connectivity index (χ1n) is 19.0. The molecule has 0 saturated heterocycles. The molecule has 0 aliphatic heterocycles. The van der Waals surface area contributed by atoms with Crippen LogP contribution in [-0.4, -0.2) is 38.1 Å². The fraction of sp³-hybridized carbons (Fsp3) is 0.700. The SMILES string of the molecule is CCCCCCCC/C=C/CCCCCCOC(=O)c1ccc(S(=O)(=O)[O-])cc1C(=O)OCCCCCC/C=C/CCCCCCCC.[K+]. The Kier molecular flexibility index (Phi) is 32.5. The third kappa shape index (κ3) is 26.6. The van der Waals surface area contributed by atoms with Crippen molar-refractivity contribution in [2.24, 2.45) is 0 Å². The molecular weight excluding hydrogens is 664 g/mol. The monoisotopic (exact) mass is 728 g/mol. The summed E-state index contributed by atoms with van der Waals surface area (Å²) in [6, 6.07) is 3.10. The van der Waals surface area contributed by atoms with E-state index in [1.807, 2.05) is 0 Å². The van der Waals surface area contributed by atoms with Gasteiger partial charge >= 0.3 is 63.3 Å². The molecule has 0 fully saturated rings. The Morgan fingerprint density at radius 2 is 0.898 bits per heavy atom. The Hall–Kier alpha value is -0.814. The second-order valence-electron chi connectivity index (χ2n) is 12.9. The van der Waals surface area contributed by atoms with Gasteiger partial charge in [-0.2, -0.15) is 0 Å². The van der Waals surface area contributed by atoms with E-state index < -0.39 is 27.0 Å². The second-order valence-corrected chi connectivity index (χ2v) is 14.3. The fourth-order valence-corrected chi connectivity index (χ4v) is 6.00. The van der Waals surface area contributed by atoms with Gasteiger partial charge in [-0.1, -0.05) is 128 Å². The maximum atomic E-state index is 12.9. The van der Waals surface area contributed by atoms with Crippen LogP contribution in [0.15, 0.2) is 47.4 Å². The van der Waals surface area contributed by atoms with Crippen molar-refractivity contribution < 1.29 is 83.4 Å². The Morgan fingerprint density at radius 3 is 1.29 bits per heavy atom. The summed E-state index contributed by atoms with van der Waals surface area (Å²) in [5.41, 5.74) is -0.365. The summed E-state index contributed by atoms with van der Waals surface area (Å²) in [7, 11) is -4.82. The number of hydrogen-bond donors (Lipinski definition) is 0. The topological polar surface area (TPSA) is 110 Å². The zero-order valence-corrected chi connectivity index (χ0v) is 35.1. The maximum Gasteiger partial charge on any atom is 1.00 e. The van der Waals surface area contributed by atoms with Crippen molar-refractivity contribution in [2.45, 2.75) is 173 Å². The van der Waals surface area contributed by atoms with Crippen LogP contribution < -0.4 is 51.4 Å². The van der Waals surface area contributed by atoms with Crippen molar-refractivity contribution in [1.82, 2.24) is 0 Å². The van der Waals surface area contributed by atoms with Crippen LogP contribution in [0, 0.1) is 0 Å². The number of carbonyl (C=O) groups excluding carboxylic acids is 2. The molecule has 0 amide bonds. The van der Waals surface area contributed by atoms with E-state index in [1.54, 1.807) is 0 Å². The summed E-state index contributed by atoms with van der Waals surface area (Å²) in [4.78, 5) is 25.1. The minimum atomic E-state index is -4.82. The summed E-state index contributed by atoms with van der Waals surface area (Å²) in [5.74, 6) is -1.58. The third-order valence-electron chi connectivity index (χ3n) is 8.50. The number of rotatable bonds is 31. The van der Waals surface area contributed by atoms with Crippen LogP contribution >= 0.6 is 0 Å². The number of benzene rings is 1. The summed E-state index contributed by atoms with van der Waals surface area (Å²) in [6.07, 6.45) is 36.5. The molecule has 0 aliphatic carbocycles. The number of esters is 2. The molecule has 0 radical (unpaired) electrons. The van der Waals surface area contributed by atoms with Crippen molar-refractivity contribution in [3.63, 3.8) is 0 Å². The average Bonchev–Trinajstić information content (AvgIpc) is 3.07. The van der Waals surface area contributed by atoms with E-state index in [0.29, 0.717) is 12.8 Å². The van der Waals surface area contributed by atoms with Gasteiger partial charge in [-0.25, -0.2) is 18.0 Å². The minimum absolute atomic E-state index is 0. The van der Waals surface area contributed by atoms with Gasteiger partial charge in [0.05, 0.1) is 29.2 Å². The molecule has 0 bridgehead atoms. The van der Waals surface area contributed by atoms with Gasteiger partial charge in [0.25, 0.3) is 0 Å². The number of allylic oxidation sites excluding steroid dienone is 4. The molecule has 0 aliphatic rings. The van der Waals surface area contributed by atoms with Gasteiger partial charge in [0, 0.05) is 0 Å². The molecule has 0 atom stereocenters. The standard InChI is InChI=1S/C40H66O7S.K/c1-3-5-7-9-11-13-15-17-19-21-23-25-27-29-33-46-39(41)37-32-31-36(48(43,44)45)35-38(37)40(42)47-34-30-28-26-24-22-20-18-16-14-12-10-8-6-4-2;/h17-20,31-32,35H,3-16,21-30,33-34H2,1-2H3,(H,43,44,45);/q;+1/p-1/b19-17+,20-18+;. The van der Waals surface area contributed by atoms with Crippen LogP contribution in [0.3, 0.4) is 0 Å². The first kappa shape index (κ1) is 48.2. The van der Waals surface area contributed by atoms with Crippen LogP contribution in [0.4, 0.5) is 0 Å². The zero-order chi connectivity index (χ0) is 35.1. The van der Waals surface area contributed by atoms with E-state index in [-0.39, 0.29) is 75.7 Å². The van der Waals surface area contributed by atoms with Crippen molar-refractivity contribution in [3.05, 3.63) is 53.6 Å². The van der Waals surface area contributed by atoms with Crippen molar-refractivity contribution in [3.8, 4) is 0 Å². The summed E-state index contributed by atoms with van der Waals surface area (Å²) in [6.45, 7) is 4.81. The van der Waals surface area contributed by atoms with E-state index in [2.05, 4.69) is 38.2 Å². The summed E-state index contributed by atoms with van der Waals surface area (Å²) < 4.78 is 45.5. The van der Waals surface area contributed by atoms with Crippen LogP contribution in [0.1, 0.15) is 189 Å². The number of carbonyl (C=O) groups is 2. The van der Waals surface area contributed by atoms with E-state index in [9.17, 15) is 22.6 Å². The predicted molar refractivity (Wildman–Crippen MR) is 195 cm³/mol. The van der Waals surface area contributed by atoms with Gasteiger partial charge in [0.15, 0.2) is 0 Å². The Balaban J connectivity index is 0.0000230. The zero-order valence-electron chi connectivity index (χ0n) is 31.2. The van der Waals surface area contributed by atoms with Gasteiger partial charge in [-0.15, -0.1) is 0 Å². The van der Waals surface area contributed by atoms with Gasteiger partial charge in [-0.05, 0) is 82.4 Å². The van der Waals surface area contributed by atoms with E-state index >= 15 is 0 Å². The average molecular weight is 729 g/mol. The number of unbranched alkanes of at least 4 members (excludes halogenated alkanes) is 20. The van der Waals surface area contributed by atoms with Crippen molar-refractivity contribution in [2.75, 3.05) is 13.2 Å². The second kappa shape index (κ2) is 33.1. The summed E-state index contributed by atoms with van der Waals surface area (Å²) in [5, 5.41) is 0. The Labute approximate surface area is 342 Å². The first-order chi connectivity index (χ1) is 23.3. The quantitative estimate of drug-likeness (QED) is 0.0248. The third-order valence-corrected chi connectivity index (χ3v) is 9.33. The molecule has 274 valence electrons. The molecule has 0 unspecified atom stereocenters. The van der Waals surface area contributed by atoms with E-state index in [4.69, 9.17) is 9.47 Å². The maximum absolute atomic E-state index is 12.9. The molecule has 0 saturated carbocycles. The van der Waals surface area contributed by atoms with E-state index in [0.717, 1.165) is 82.4 Å². The Morgan fingerprint density at radius 1 is 0.551 bits per heavy atom. The normalized spacial score (nSPS) is 11.7. The smallest absolute Gasteiger partial charge is 0.744 e. The Bertz CT molecular complexity index is 1150. The molecule has 1 rings (SSSR count). The predicted octanol–water partition coefficient (Wildman–Crippen LogP) is 8.42. The molecule has 0 N–H and O–H groups in total. The molecule has 0 spiro atoms. The van der Waals surface area contributed by atoms with Gasteiger partial charge in [-0.3, -0.25) is 0 Å². The van der Waals surface area contributed by atoms with Gasteiger partial charge in [0.2, 0.25) is 0 Å². The molecule has 49 heavy (non-hydrogen) atoms. The van der Waals surface area contributed by atoms with Crippen molar-refractivity contribution in [1.29, 1.82) is 0 Å². The number of hydrogen-bond acceptors (Lipinski definition) is 7. The van der Waals surface area contributed by atoms with E-state index in [1.165, 1.54) is 77.0 Å².